The van der Waals surface area contributed by atoms with E-state index >= 15 is 0 Å². The number of aryl methyl sites for hydroxylation is 1. The van der Waals surface area contributed by atoms with Gasteiger partial charge in [0, 0.05) is 5.69 Å². The molecule has 21 heavy (non-hydrogen) atoms. The van der Waals surface area contributed by atoms with E-state index in [0.717, 1.165) is 0 Å². The molecule has 2 aromatic rings. The van der Waals surface area contributed by atoms with Crippen molar-refractivity contribution in [3.8, 4) is 5.75 Å². The summed E-state index contributed by atoms with van der Waals surface area (Å²) in [7, 11) is -3.78. The zero-order valence-corrected chi connectivity index (χ0v) is 12.6. The van der Waals surface area contributed by atoms with Crippen molar-refractivity contribution in [3.05, 3.63) is 36.0 Å². The predicted molar refractivity (Wildman–Crippen MR) is 77.3 cm³/mol. The van der Waals surface area contributed by atoms with Crippen molar-refractivity contribution in [3.63, 3.8) is 0 Å². The van der Waals surface area contributed by atoms with E-state index in [1.807, 2.05) is 0 Å². The number of hydrogen-bond donors (Lipinski definition) is 2. The molecule has 2 rings (SSSR count). The first kappa shape index (κ1) is 15.3. The molecule has 0 saturated carbocycles. The highest BCUT2D eigenvalue weighted by atomic mass is 32.2. The molecule has 114 valence electrons. The maximum atomic E-state index is 12.3. The third kappa shape index (κ3) is 3.73. The van der Waals surface area contributed by atoms with Crippen LogP contribution in [0.1, 0.15) is 18.6 Å². The van der Waals surface area contributed by atoms with E-state index in [1.165, 1.54) is 18.3 Å². The highest BCUT2D eigenvalue weighted by Crippen LogP contribution is 2.26. The number of nitrogens with two attached hydrogens (primary N) is 1. The number of rotatable bonds is 6. The maximum absolute atomic E-state index is 12.3. The van der Waals surface area contributed by atoms with Gasteiger partial charge in [0.25, 0.3) is 0 Å². The Kier molecular flexibility index (Phi) is 4.49. The molecule has 0 radical (unpaired) electrons. The van der Waals surface area contributed by atoms with Crippen LogP contribution in [0.3, 0.4) is 0 Å². The average Bonchev–Trinajstić information content (AvgIpc) is 2.85. The number of hydrogen-bond acceptors (Lipinski definition) is 6. The number of aromatic nitrogens is 1. The van der Waals surface area contributed by atoms with Crippen LogP contribution in [-0.2, 0) is 16.6 Å². The lowest BCUT2D eigenvalue weighted by molar-refractivity contribution is 0.331. The third-order valence-electron chi connectivity index (χ3n) is 2.64. The number of anilines is 1. The largest absolute Gasteiger partial charge is 0.492 e. The van der Waals surface area contributed by atoms with Gasteiger partial charge in [0.1, 0.15) is 16.4 Å². The SMILES string of the molecule is CCOc1ccc(N)cc1S(=O)(=O)NCc1ncc(C)o1. The second-order valence-corrected chi connectivity index (χ2v) is 6.06. The van der Waals surface area contributed by atoms with Gasteiger partial charge in [-0.05, 0) is 32.0 Å². The summed E-state index contributed by atoms with van der Waals surface area (Å²) in [5.74, 6) is 1.16. The molecule has 0 atom stereocenters. The smallest absolute Gasteiger partial charge is 0.244 e. The van der Waals surface area contributed by atoms with Gasteiger partial charge in [0.2, 0.25) is 15.9 Å². The molecule has 0 saturated heterocycles. The minimum Gasteiger partial charge on any atom is -0.492 e. The van der Waals surface area contributed by atoms with Crippen LogP contribution >= 0.6 is 0 Å². The van der Waals surface area contributed by atoms with Crippen LogP contribution in [0.5, 0.6) is 5.75 Å². The highest BCUT2D eigenvalue weighted by Gasteiger charge is 2.20. The van der Waals surface area contributed by atoms with E-state index in [2.05, 4.69) is 9.71 Å². The number of sulfonamides is 1. The van der Waals surface area contributed by atoms with E-state index < -0.39 is 10.0 Å². The summed E-state index contributed by atoms with van der Waals surface area (Å²) in [6.45, 7) is 3.81. The minimum absolute atomic E-state index is 0.00683. The average molecular weight is 311 g/mol. The monoisotopic (exact) mass is 311 g/mol. The lowest BCUT2D eigenvalue weighted by Gasteiger charge is -2.11. The van der Waals surface area contributed by atoms with Gasteiger partial charge in [-0.2, -0.15) is 0 Å². The van der Waals surface area contributed by atoms with Gasteiger partial charge in [-0.15, -0.1) is 0 Å². The van der Waals surface area contributed by atoms with Gasteiger partial charge >= 0.3 is 0 Å². The van der Waals surface area contributed by atoms with Crippen molar-refractivity contribution >= 4 is 15.7 Å². The van der Waals surface area contributed by atoms with Gasteiger partial charge in [-0.1, -0.05) is 0 Å². The Balaban J connectivity index is 2.24. The molecular weight excluding hydrogens is 294 g/mol. The normalized spacial score (nSPS) is 11.5. The fourth-order valence-corrected chi connectivity index (χ4v) is 2.88. The Bertz CT molecular complexity index is 725. The molecule has 0 aliphatic rings. The van der Waals surface area contributed by atoms with Crippen LogP contribution in [-0.4, -0.2) is 20.0 Å². The summed E-state index contributed by atoms with van der Waals surface area (Å²) in [6.07, 6.45) is 1.52. The second-order valence-electron chi connectivity index (χ2n) is 4.33. The molecule has 7 nitrogen and oxygen atoms in total. The topological polar surface area (TPSA) is 107 Å². The van der Waals surface area contributed by atoms with Crippen molar-refractivity contribution in [2.45, 2.75) is 25.3 Å². The van der Waals surface area contributed by atoms with Crippen LogP contribution in [0, 0.1) is 6.92 Å². The van der Waals surface area contributed by atoms with Gasteiger partial charge in [0.15, 0.2) is 0 Å². The third-order valence-corrected chi connectivity index (χ3v) is 4.06. The van der Waals surface area contributed by atoms with E-state index in [9.17, 15) is 8.42 Å². The van der Waals surface area contributed by atoms with Gasteiger partial charge in [-0.3, -0.25) is 0 Å². The molecule has 0 unspecified atom stereocenters. The van der Waals surface area contributed by atoms with Crippen LogP contribution in [0.15, 0.2) is 33.7 Å². The minimum atomic E-state index is -3.78. The van der Waals surface area contributed by atoms with Crippen LogP contribution in [0.4, 0.5) is 5.69 Å². The quantitative estimate of drug-likeness (QED) is 0.782. The van der Waals surface area contributed by atoms with E-state index in [4.69, 9.17) is 14.9 Å². The highest BCUT2D eigenvalue weighted by molar-refractivity contribution is 7.89. The number of oxazole rings is 1. The lowest BCUT2D eigenvalue weighted by Crippen LogP contribution is -2.24. The standard InChI is InChI=1S/C13H17N3O4S/c1-3-19-11-5-4-10(14)6-12(11)21(17,18)16-8-13-15-7-9(2)20-13/h4-7,16H,3,8,14H2,1-2H3. The van der Waals surface area contributed by atoms with Crippen molar-refractivity contribution in [1.29, 1.82) is 0 Å². The second kappa shape index (κ2) is 6.15. The van der Waals surface area contributed by atoms with Gasteiger partial charge < -0.3 is 14.9 Å². The number of nitrogens with one attached hydrogen (secondary N) is 1. The molecule has 0 aliphatic carbocycles. The van der Waals surface area contributed by atoms with Crippen molar-refractivity contribution in [2.24, 2.45) is 0 Å². The molecule has 1 heterocycles. The predicted octanol–water partition coefficient (Wildman–Crippen LogP) is 1.44. The fourth-order valence-electron chi connectivity index (χ4n) is 1.73. The van der Waals surface area contributed by atoms with Crippen LogP contribution in [0.25, 0.3) is 0 Å². The van der Waals surface area contributed by atoms with E-state index in [0.29, 0.717) is 18.1 Å². The number of nitrogen functional groups attached to an aromatic ring is 1. The molecule has 8 heteroatoms. The van der Waals surface area contributed by atoms with E-state index in [1.54, 1.807) is 19.9 Å². The molecule has 1 aromatic heterocycles. The number of ether oxygens (including phenoxy) is 1. The molecule has 0 aliphatic heterocycles. The van der Waals surface area contributed by atoms with Crippen LogP contribution < -0.4 is 15.2 Å². The summed E-state index contributed by atoms with van der Waals surface area (Å²) >= 11 is 0. The molecule has 0 fully saturated rings. The first-order valence-corrected chi connectivity index (χ1v) is 7.84. The summed E-state index contributed by atoms with van der Waals surface area (Å²) in [5, 5.41) is 0. The molecular formula is C13H17N3O4S. The molecule has 0 spiro atoms. The van der Waals surface area contributed by atoms with Crippen molar-refractivity contribution in [2.75, 3.05) is 12.3 Å². The first-order valence-electron chi connectivity index (χ1n) is 6.35. The summed E-state index contributed by atoms with van der Waals surface area (Å²) in [5.41, 5.74) is 5.99. The van der Waals surface area contributed by atoms with Crippen molar-refractivity contribution in [1.82, 2.24) is 9.71 Å². The fraction of sp³-hybridized carbons (Fsp3) is 0.308. The van der Waals surface area contributed by atoms with Crippen molar-refractivity contribution < 1.29 is 17.6 Å². The lowest BCUT2D eigenvalue weighted by atomic mass is 10.3. The zero-order chi connectivity index (χ0) is 15.5. The Morgan fingerprint density at radius 1 is 1.43 bits per heavy atom. The molecule has 3 N–H and O–H groups in total. The zero-order valence-electron chi connectivity index (χ0n) is 11.8. The van der Waals surface area contributed by atoms with Crippen LogP contribution in [0.2, 0.25) is 0 Å². The number of benzene rings is 1. The maximum Gasteiger partial charge on any atom is 0.244 e. The Morgan fingerprint density at radius 2 is 2.19 bits per heavy atom. The Morgan fingerprint density at radius 3 is 2.81 bits per heavy atom. The summed E-state index contributed by atoms with van der Waals surface area (Å²) < 4.78 is 37.6. The summed E-state index contributed by atoms with van der Waals surface area (Å²) in [4.78, 5) is 3.93. The number of nitrogens with zero attached hydrogens (tertiary/aromatic N) is 1. The first-order chi connectivity index (χ1) is 9.92. The van der Waals surface area contributed by atoms with Gasteiger partial charge in [-0.25, -0.2) is 18.1 Å². The Hall–Kier alpha value is -2.06. The van der Waals surface area contributed by atoms with E-state index in [-0.39, 0.29) is 23.1 Å². The molecule has 0 bridgehead atoms. The van der Waals surface area contributed by atoms with Gasteiger partial charge in [0.05, 0.1) is 19.3 Å². The molecule has 1 aromatic carbocycles. The summed E-state index contributed by atoms with van der Waals surface area (Å²) in [6, 6.07) is 4.47. The molecule has 0 amide bonds. The Labute approximate surface area is 123 Å².